The maximum absolute atomic E-state index is 4.27. The fourth-order valence-electron chi connectivity index (χ4n) is 1.71. The van der Waals surface area contributed by atoms with Crippen LogP contribution in [0.15, 0.2) is 6.33 Å². The lowest BCUT2D eigenvalue weighted by molar-refractivity contribution is 0.310. The van der Waals surface area contributed by atoms with E-state index >= 15 is 0 Å². The van der Waals surface area contributed by atoms with Gasteiger partial charge in [-0.25, -0.2) is 9.97 Å². The van der Waals surface area contributed by atoms with Gasteiger partial charge in [0.25, 0.3) is 0 Å². The molecule has 1 radical (unpaired) electrons. The Hall–Kier alpha value is -0.920. The minimum absolute atomic E-state index is 0.412. The third-order valence-corrected chi connectivity index (χ3v) is 2.52. The van der Waals surface area contributed by atoms with Crippen molar-refractivity contribution in [3.8, 4) is 0 Å². The lowest BCUT2D eigenvalue weighted by Crippen LogP contribution is -2.23. The van der Waals surface area contributed by atoms with Gasteiger partial charge in [-0.05, 0) is 24.7 Å². The number of aromatic nitrogens is 2. The van der Waals surface area contributed by atoms with Crippen LogP contribution in [0.25, 0.3) is 0 Å². The summed E-state index contributed by atoms with van der Waals surface area (Å²) in [7, 11) is 0. The second kappa shape index (κ2) is 2.54. The van der Waals surface area contributed by atoms with Crippen LogP contribution in [-0.2, 0) is 12.8 Å². The van der Waals surface area contributed by atoms with E-state index < -0.39 is 0 Å². The molecule has 1 aliphatic carbocycles. The Morgan fingerprint density at radius 3 is 3.17 bits per heavy atom. The fraction of sp³-hybridized carbons (Fsp3) is 0.600. The molecule has 0 aromatic carbocycles. The molecule has 0 amide bonds. The molecule has 2 nitrogen and oxygen atoms in total. The van der Waals surface area contributed by atoms with Gasteiger partial charge in [0.2, 0.25) is 0 Å². The van der Waals surface area contributed by atoms with E-state index in [1.54, 1.807) is 6.33 Å². The molecular formula is C10H13N2. The van der Waals surface area contributed by atoms with E-state index in [1.165, 1.54) is 17.7 Å². The molecule has 2 heteroatoms. The summed E-state index contributed by atoms with van der Waals surface area (Å²) < 4.78 is 0. The van der Waals surface area contributed by atoms with Gasteiger partial charge < -0.3 is 0 Å². The number of aryl methyl sites for hydroxylation is 1. The minimum Gasteiger partial charge on any atom is -0.241 e. The van der Waals surface area contributed by atoms with Crippen molar-refractivity contribution < 1.29 is 0 Å². The van der Waals surface area contributed by atoms with Crippen LogP contribution in [0, 0.1) is 11.6 Å². The minimum atomic E-state index is 0.412. The molecule has 0 saturated carbocycles. The molecule has 63 valence electrons. The van der Waals surface area contributed by atoms with Crippen molar-refractivity contribution in [3.63, 3.8) is 0 Å². The first kappa shape index (κ1) is 7.71. The number of hydrogen-bond donors (Lipinski definition) is 0. The van der Waals surface area contributed by atoms with Gasteiger partial charge in [0, 0.05) is 11.3 Å². The monoisotopic (exact) mass is 161 g/mol. The van der Waals surface area contributed by atoms with Gasteiger partial charge in [-0.3, -0.25) is 0 Å². The molecule has 0 saturated heterocycles. The molecule has 0 fully saturated rings. The summed E-state index contributed by atoms with van der Waals surface area (Å²) in [5.41, 5.74) is 2.83. The zero-order valence-electron chi connectivity index (χ0n) is 7.59. The molecule has 0 N–H and O–H groups in total. The van der Waals surface area contributed by atoms with Crippen molar-refractivity contribution in [2.45, 2.75) is 33.1 Å². The summed E-state index contributed by atoms with van der Waals surface area (Å²) >= 11 is 0. The van der Waals surface area contributed by atoms with Gasteiger partial charge in [-0.15, -0.1) is 0 Å². The molecule has 0 bridgehead atoms. The van der Waals surface area contributed by atoms with Crippen LogP contribution in [-0.4, -0.2) is 9.97 Å². The Bertz CT molecular complexity index is 292. The molecule has 0 spiro atoms. The Morgan fingerprint density at radius 2 is 2.33 bits per heavy atom. The quantitative estimate of drug-likeness (QED) is 0.579. The van der Waals surface area contributed by atoms with E-state index in [-0.39, 0.29) is 0 Å². The molecular weight excluding hydrogens is 148 g/mol. The maximum atomic E-state index is 4.27. The van der Waals surface area contributed by atoms with Gasteiger partial charge >= 0.3 is 0 Å². The lowest BCUT2D eigenvalue weighted by atomic mass is 9.77. The van der Waals surface area contributed by atoms with Crippen LogP contribution in [0.1, 0.15) is 31.5 Å². The van der Waals surface area contributed by atoms with Crippen molar-refractivity contribution >= 4 is 0 Å². The first-order valence-corrected chi connectivity index (χ1v) is 4.38. The molecule has 0 aliphatic heterocycles. The number of hydrogen-bond acceptors (Lipinski definition) is 2. The van der Waals surface area contributed by atoms with Crippen LogP contribution in [0.5, 0.6) is 0 Å². The number of fused-ring (bicyclic) bond motifs is 1. The van der Waals surface area contributed by atoms with Crippen LogP contribution in [0.3, 0.4) is 0 Å². The zero-order chi connectivity index (χ0) is 8.60. The van der Waals surface area contributed by atoms with Crippen LogP contribution in [0.4, 0.5) is 0 Å². The van der Waals surface area contributed by atoms with E-state index in [9.17, 15) is 0 Å². The normalized spacial score (nSPS) is 20.2. The number of rotatable bonds is 0. The van der Waals surface area contributed by atoms with Crippen molar-refractivity contribution in [2.75, 3.05) is 0 Å². The summed E-state index contributed by atoms with van der Waals surface area (Å²) in [4.78, 5) is 8.18. The van der Waals surface area contributed by atoms with Crippen LogP contribution >= 0.6 is 0 Å². The predicted octanol–water partition coefficient (Wildman–Crippen LogP) is 1.79. The van der Waals surface area contributed by atoms with Crippen LogP contribution < -0.4 is 0 Å². The van der Waals surface area contributed by atoms with Crippen molar-refractivity contribution in [1.29, 1.82) is 0 Å². The molecule has 1 aliphatic rings. The van der Waals surface area contributed by atoms with Gasteiger partial charge in [-0.1, -0.05) is 13.8 Å². The first-order chi connectivity index (χ1) is 5.67. The lowest BCUT2D eigenvalue weighted by Gasteiger charge is -2.29. The zero-order valence-corrected chi connectivity index (χ0v) is 7.59. The van der Waals surface area contributed by atoms with Crippen molar-refractivity contribution in [2.24, 2.45) is 5.41 Å². The van der Waals surface area contributed by atoms with E-state index in [0.29, 0.717) is 5.41 Å². The third kappa shape index (κ3) is 1.33. The molecule has 1 aromatic heterocycles. The fourth-order valence-corrected chi connectivity index (χ4v) is 1.71. The topological polar surface area (TPSA) is 25.8 Å². The Balaban J connectivity index is 2.35. The summed E-state index contributed by atoms with van der Waals surface area (Å²) in [5, 5.41) is 0. The predicted molar refractivity (Wildman–Crippen MR) is 46.7 cm³/mol. The largest absolute Gasteiger partial charge is 0.241 e. The molecule has 0 unspecified atom stereocenters. The molecule has 0 atom stereocenters. The van der Waals surface area contributed by atoms with Gasteiger partial charge in [0.05, 0.1) is 6.20 Å². The summed E-state index contributed by atoms with van der Waals surface area (Å²) in [6.07, 6.45) is 7.99. The molecule has 12 heavy (non-hydrogen) atoms. The van der Waals surface area contributed by atoms with Gasteiger partial charge in [0.1, 0.15) is 6.33 Å². The first-order valence-electron chi connectivity index (χ1n) is 4.38. The standard InChI is InChI=1S/C10H13N2/c1-10(2)4-3-8-6-11-7-12-9(8)5-10/h7H,3-5H2,1-2H3. The summed E-state index contributed by atoms with van der Waals surface area (Å²) in [6, 6.07) is 0. The summed E-state index contributed by atoms with van der Waals surface area (Å²) in [5.74, 6) is 0. The highest BCUT2D eigenvalue weighted by molar-refractivity contribution is 5.19. The number of nitrogens with zero attached hydrogens (tertiary/aromatic N) is 2. The average Bonchev–Trinajstić information content (AvgIpc) is 2.02. The van der Waals surface area contributed by atoms with Gasteiger partial charge in [0.15, 0.2) is 0 Å². The highest BCUT2D eigenvalue weighted by Crippen LogP contribution is 2.32. The Morgan fingerprint density at radius 1 is 1.50 bits per heavy atom. The molecule has 2 rings (SSSR count). The van der Waals surface area contributed by atoms with E-state index in [1.807, 2.05) is 0 Å². The highest BCUT2D eigenvalue weighted by Gasteiger charge is 2.25. The van der Waals surface area contributed by atoms with E-state index in [0.717, 1.165) is 12.8 Å². The van der Waals surface area contributed by atoms with Crippen molar-refractivity contribution in [1.82, 2.24) is 9.97 Å². The van der Waals surface area contributed by atoms with E-state index in [4.69, 9.17) is 0 Å². The summed E-state index contributed by atoms with van der Waals surface area (Å²) in [6.45, 7) is 4.58. The maximum Gasteiger partial charge on any atom is 0.116 e. The van der Waals surface area contributed by atoms with Gasteiger partial charge in [-0.2, -0.15) is 0 Å². The highest BCUT2D eigenvalue weighted by atomic mass is 14.8. The molecule has 1 heterocycles. The molecule has 1 aromatic rings. The Labute approximate surface area is 73.1 Å². The average molecular weight is 161 g/mol. The second-order valence-electron chi connectivity index (χ2n) is 4.25. The second-order valence-corrected chi connectivity index (χ2v) is 4.25. The van der Waals surface area contributed by atoms with Crippen LogP contribution in [0.2, 0.25) is 0 Å². The smallest absolute Gasteiger partial charge is 0.116 e. The Kier molecular flexibility index (Phi) is 1.63. The van der Waals surface area contributed by atoms with Crippen molar-refractivity contribution in [3.05, 3.63) is 23.8 Å². The van der Waals surface area contributed by atoms with E-state index in [2.05, 4.69) is 30.0 Å². The third-order valence-electron chi connectivity index (χ3n) is 2.52. The SMILES string of the molecule is CC1(C)CCc2[c]ncnc2C1.